The van der Waals surface area contributed by atoms with E-state index in [-0.39, 0.29) is 23.6 Å². The maximum absolute atomic E-state index is 12.9. The molecule has 2 N–H and O–H groups in total. The first-order chi connectivity index (χ1) is 17.2. The second-order valence-electron chi connectivity index (χ2n) is 8.94. The van der Waals surface area contributed by atoms with Crippen LogP contribution in [0.2, 0.25) is 0 Å². The number of aromatic nitrogens is 3. The minimum Gasteiger partial charge on any atom is -0.342 e. The van der Waals surface area contributed by atoms with Gasteiger partial charge in [0.1, 0.15) is 0 Å². The average molecular weight is 571 g/mol. The summed E-state index contributed by atoms with van der Waals surface area (Å²) < 4.78 is 2.92. The number of carbonyl (C=O) groups excluding carboxylic acids is 2. The molecule has 0 saturated heterocycles. The van der Waals surface area contributed by atoms with E-state index in [2.05, 4.69) is 57.2 Å². The summed E-state index contributed by atoms with van der Waals surface area (Å²) in [6.07, 6.45) is 2.46. The molecule has 0 radical (unpaired) electrons. The first-order valence-electron chi connectivity index (χ1n) is 11.8. The third kappa shape index (κ3) is 7.07. The smallest absolute Gasteiger partial charge is 0.251 e. The van der Waals surface area contributed by atoms with Crippen LogP contribution in [0.3, 0.4) is 0 Å². The minimum atomic E-state index is -0.332. The van der Waals surface area contributed by atoms with E-state index in [0.717, 1.165) is 21.3 Å². The standard InChI is InChI=1S/C27H32BrN5O2S/c1-6-14-33-25(23(15-17(2)3)30-26(35)20-10-8-7-9-11-20)31-32-27(33)36-16-24(34)29-22-13-12-21(28)18(4)19(22)5/h6-13,17,23H,1,14-16H2,2-5H3,(H,29,34)(H,30,35). The number of nitrogens with zero attached hydrogens (tertiary/aromatic N) is 3. The Labute approximate surface area is 225 Å². The summed E-state index contributed by atoms with van der Waals surface area (Å²) >= 11 is 4.83. The topological polar surface area (TPSA) is 88.9 Å². The zero-order chi connectivity index (χ0) is 26.2. The molecule has 0 spiro atoms. The molecule has 1 atom stereocenters. The number of thioether (sulfide) groups is 1. The zero-order valence-electron chi connectivity index (χ0n) is 21.0. The Hall–Kier alpha value is -2.91. The van der Waals surface area contributed by atoms with Crippen molar-refractivity contribution in [3.63, 3.8) is 0 Å². The molecule has 2 amide bonds. The molecule has 190 valence electrons. The molecule has 0 aliphatic rings. The van der Waals surface area contributed by atoms with Crippen molar-refractivity contribution in [3.05, 3.63) is 82.1 Å². The Balaban J connectivity index is 1.77. The lowest BCUT2D eigenvalue weighted by Crippen LogP contribution is -2.31. The van der Waals surface area contributed by atoms with Gasteiger partial charge in [0.2, 0.25) is 5.91 Å². The first kappa shape index (κ1) is 27.7. The molecule has 7 nitrogen and oxygen atoms in total. The number of rotatable bonds is 11. The largest absolute Gasteiger partial charge is 0.342 e. The van der Waals surface area contributed by atoms with Crippen molar-refractivity contribution in [2.45, 2.75) is 51.9 Å². The van der Waals surface area contributed by atoms with Crippen LogP contribution in [-0.4, -0.2) is 32.3 Å². The van der Waals surface area contributed by atoms with Gasteiger partial charge in [-0.3, -0.25) is 9.59 Å². The molecule has 0 bridgehead atoms. The van der Waals surface area contributed by atoms with Gasteiger partial charge in [0.15, 0.2) is 11.0 Å². The van der Waals surface area contributed by atoms with Gasteiger partial charge in [0, 0.05) is 22.3 Å². The number of nitrogens with one attached hydrogen (secondary N) is 2. The summed E-state index contributed by atoms with van der Waals surface area (Å²) in [5.41, 5.74) is 3.48. The van der Waals surface area contributed by atoms with E-state index < -0.39 is 0 Å². The van der Waals surface area contributed by atoms with E-state index >= 15 is 0 Å². The van der Waals surface area contributed by atoms with E-state index in [4.69, 9.17) is 0 Å². The van der Waals surface area contributed by atoms with E-state index in [1.54, 1.807) is 18.2 Å². The second-order valence-corrected chi connectivity index (χ2v) is 10.7. The highest BCUT2D eigenvalue weighted by atomic mass is 79.9. The van der Waals surface area contributed by atoms with Crippen LogP contribution in [0.1, 0.15) is 53.6 Å². The van der Waals surface area contributed by atoms with Crippen LogP contribution < -0.4 is 10.6 Å². The highest BCUT2D eigenvalue weighted by molar-refractivity contribution is 9.10. The number of anilines is 1. The molecule has 0 fully saturated rings. The molecule has 36 heavy (non-hydrogen) atoms. The maximum Gasteiger partial charge on any atom is 0.251 e. The highest BCUT2D eigenvalue weighted by Crippen LogP contribution is 2.28. The Bertz CT molecular complexity index is 1230. The predicted octanol–water partition coefficient (Wildman–Crippen LogP) is 6.09. The van der Waals surface area contributed by atoms with Crippen molar-refractivity contribution in [3.8, 4) is 0 Å². The summed E-state index contributed by atoms with van der Waals surface area (Å²) in [6.45, 7) is 12.5. The molecule has 1 aromatic heterocycles. The van der Waals surface area contributed by atoms with E-state index in [1.807, 2.05) is 48.7 Å². The molecule has 1 unspecified atom stereocenters. The molecule has 2 aromatic carbocycles. The van der Waals surface area contributed by atoms with Gasteiger partial charge < -0.3 is 15.2 Å². The number of hydrogen-bond acceptors (Lipinski definition) is 5. The van der Waals surface area contributed by atoms with Crippen molar-refractivity contribution in [1.82, 2.24) is 20.1 Å². The summed E-state index contributed by atoms with van der Waals surface area (Å²) in [5, 5.41) is 15.5. The Morgan fingerprint density at radius 3 is 2.50 bits per heavy atom. The van der Waals surface area contributed by atoms with Gasteiger partial charge in [0.25, 0.3) is 5.91 Å². The van der Waals surface area contributed by atoms with Crippen LogP contribution >= 0.6 is 27.7 Å². The summed E-state index contributed by atoms with van der Waals surface area (Å²) in [7, 11) is 0. The molecule has 0 aliphatic heterocycles. The Kier molecular flexibility index (Phi) is 9.89. The van der Waals surface area contributed by atoms with Gasteiger partial charge in [-0.2, -0.15) is 0 Å². The van der Waals surface area contributed by atoms with Gasteiger partial charge in [-0.25, -0.2) is 0 Å². The number of halogens is 1. The normalized spacial score (nSPS) is 11.8. The summed E-state index contributed by atoms with van der Waals surface area (Å²) in [5.74, 6) is 0.850. The quantitative estimate of drug-likeness (QED) is 0.215. The molecular weight excluding hydrogens is 538 g/mol. The van der Waals surface area contributed by atoms with Crippen LogP contribution in [-0.2, 0) is 11.3 Å². The van der Waals surface area contributed by atoms with Gasteiger partial charge in [-0.15, -0.1) is 16.8 Å². The molecule has 3 aromatic rings. The molecule has 0 saturated carbocycles. The summed E-state index contributed by atoms with van der Waals surface area (Å²) in [4.78, 5) is 25.6. The fourth-order valence-electron chi connectivity index (χ4n) is 3.74. The van der Waals surface area contributed by atoms with E-state index in [9.17, 15) is 9.59 Å². The van der Waals surface area contributed by atoms with Crippen LogP contribution in [0.5, 0.6) is 0 Å². The van der Waals surface area contributed by atoms with Crippen LogP contribution in [0, 0.1) is 19.8 Å². The fourth-order valence-corrected chi connectivity index (χ4v) is 4.92. The van der Waals surface area contributed by atoms with Crippen molar-refractivity contribution in [2.75, 3.05) is 11.1 Å². The number of benzene rings is 2. The molecular formula is C27H32BrN5O2S. The third-order valence-corrected chi connectivity index (χ3v) is 7.57. The zero-order valence-corrected chi connectivity index (χ0v) is 23.4. The van der Waals surface area contributed by atoms with Gasteiger partial charge >= 0.3 is 0 Å². The molecule has 0 aliphatic carbocycles. The first-order valence-corrected chi connectivity index (χ1v) is 13.6. The average Bonchev–Trinajstić information content (AvgIpc) is 3.25. The second kappa shape index (κ2) is 12.9. The number of hydrogen-bond donors (Lipinski definition) is 2. The maximum atomic E-state index is 12.9. The lowest BCUT2D eigenvalue weighted by molar-refractivity contribution is -0.113. The molecule has 3 rings (SSSR count). The lowest BCUT2D eigenvalue weighted by atomic mass is 10.0. The third-order valence-electron chi connectivity index (χ3n) is 5.74. The number of allylic oxidation sites excluding steroid dienone is 1. The Morgan fingerprint density at radius 1 is 1.11 bits per heavy atom. The number of amides is 2. The van der Waals surface area contributed by atoms with Crippen LogP contribution in [0.15, 0.2) is 64.7 Å². The highest BCUT2D eigenvalue weighted by Gasteiger charge is 2.25. The van der Waals surface area contributed by atoms with Gasteiger partial charge in [-0.1, -0.05) is 65.8 Å². The molecule has 9 heteroatoms. The van der Waals surface area contributed by atoms with E-state index in [0.29, 0.717) is 35.4 Å². The van der Waals surface area contributed by atoms with Gasteiger partial charge in [-0.05, 0) is 61.6 Å². The van der Waals surface area contributed by atoms with Gasteiger partial charge in [0.05, 0.1) is 11.8 Å². The Morgan fingerprint density at radius 2 is 1.83 bits per heavy atom. The van der Waals surface area contributed by atoms with Crippen molar-refractivity contribution >= 4 is 45.2 Å². The van der Waals surface area contributed by atoms with Crippen LogP contribution in [0.25, 0.3) is 0 Å². The fraction of sp³-hybridized carbons (Fsp3) is 0.333. The van der Waals surface area contributed by atoms with Crippen molar-refractivity contribution in [1.29, 1.82) is 0 Å². The SMILES string of the molecule is C=CCn1c(SCC(=O)Nc2ccc(Br)c(C)c2C)nnc1C(CC(C)C)NC(=O)c1ccccc1. The monoisotopic (exact) mass is 569 g/mol. The minimum absolute atomic E-state index is 0.129. The molecule has 1 heterocycles. The number of carbonyl (C=O) groups is 2. The van der Waals surface area contributed by atoms with Crippen LogP contribution in [0.4, 0.5) is 5.69 Å². The lowest BCUT2D eigenvalue weighted by Gasteiger charge is -2.21. The summed E-state index contributed by atoms with van der Waals surface area (Å²) in [6, 6.07) is 12.6. The van der Waals surface area contributed by atoms with E-state index in [1.165, 1.54) is 11.8 Å². The van der Waals surface area contributed by atoms with Crippen molar-refractivity contribution < 1.29 is 9.59 Å². The van der Waals surface area contributed by atoms with Crippen molar-refractivity contribution in [2.24, 2.45) is 5.92 Å². The predicted molar refractivity (Wildman–Crippen MR) is 149 cm³/mol.